The van der Waals surface area contributed by atoms with Gasteiger partial charge in [-0.15, -0.1) is 0 Å². The van der Waals surface area contributed by atoms with E-state index in [0.717, 1.165) is 77.3 Å². The highest BCUT2D eigenvalue weighted by molar-refractivity contribution is 5.92. The molecule has 8 nitrogen and oxygen atoms in total. The zero-order chi connectivity index (χ0) is 24.5. The van der Waals surface area contributed by atoms with Gasteiger partial charge in [0.05, 0.1) is 23.6 Å². The smallest absolute Gasteiger partial charge is 0.138 e. The molecule has 1 aliphatic heterocycles. The number of benzene rings is 1. The highest BCUT2D eigenvalue weighted by atomic mass is 15.3. The van der Waals surface area contributed by atoms with E-state index in [0.29, 0.717) is 11.5 Å². The van der Waals surface area contributed by atoms with Gasteiger partial charge in [0.2, 0.25) is 0 Å². The predicted molar refractivity (Wildman–Crippen MR) is 143 cm³/mol. The van der Waals surface area contributed by atoms with Crippen LogP contribution in [0.25, 0.3) is 27.7 Å². The molecule has 0 spiro atoms. The largest absolute Gasteiger partial charge is 0.398 e. The fourth-order valence-corrected chi connectivity index (χ4v) is 4.56. The van der Waals surface area contributed by atoms with E-state index in [4.69, 9.17) is 10.7 Å². The molecule has 0 radical (unpaired) electrons. The molecular weight excluding hydrogens is 436 g/mol. The summed E-state index contributed by atoms with van der Waals surface area (Å²) in [4.78, 5) is 24.1. The van der Waals surface area contributed by atoms with E-state index in [-0.39, 0.29) is 0 Å². The summed E-state index contributed by atoms with van der Waals surface area (Å²) in [5.74, 6) is 0.701. The van der Waals surface area contributed by atoms with E-state index in [2.05, 4.69) is 69.5 Å². The van der Waals surface area contributed by atoms with E-state index < -0.39 is 0 Å². The predicted octanol–water partition coefficient (Wildman–Crippen LogP) is 3.48. The molecule has 5 rings (SSSR count). The van der Waals surface area contributed by atoms with Crippen molar-refractivity contribution in [2.24, 2.45) is 0 Å². The Balaban J connectivity index is 1.48. The number of aromatic amines is 1. The summed E-state index contributed by atoms with van der Waals surface area (Å²) >= 11 is 0. The standard InChI is InChI=1S/C27H32N8/c1-18(22-12-20(5-6-23(22)28)21-11-19(13-29-14-21)17-33(2)3)27-31-24-15-30-16-25(26(24)32-27)35-9-7-34(4)8-10-35/h5-6,11-16H,1,7-10,17,28H2,2-4H3,(H,31,32). The summed E-state index contributed by atoms with van der Waals surface area (Å²) in [5.41, 5.74) is 14.8. The van der Waals surface area contributed by atoms with Gasteiger partial charge < -0.3 is 25.4 Å². The van der Waals surface area contributed by atoms with Crippen molar-refractivity contribution in [2.45, 2.75) is 6.54 Å². The van der Waals surface area contributed by atoms with Crippen LogP contribution < -0.4 is 10.6 Å². The maximum Gasteiger partial charge on any atom is 0.138 e. The van der Waals surface area contributed by atoms with Gasteiger partial charge in [-0.2, -0.15) is 0 Å². The average molecular weight is 469 g/mol. The lowest BCUT2D eigenvalue weighted by atomic mass is 9.98. The first-order chi connectivity index (χ1) is 16.9. The molecule has 1 aromatic carbocycles. The monoisotopic (exact) mass is 468 g/mol. The first-order valence-electron chi connectivity index (χ1n) is 11.8. The van der Waals surface area contributed by atoms with Gasteiger partial charge in [0.25, 0.3) is 0 Å². The Hall–Kier alpha value is -3.75. The van der Waals surface area contributed by atoms with Gasteiger partial charge in [0.15, 0.2) is 0 Å². The van der Waals surface area contributed by atoms with Gasteiger partial charge in [0, 0.05) is 67.5 Å². The number of aromatic nitrogens is 4. The summed E-state index contributed by atoms with van der Waals surface area (Å²) in [6, 6.07) is 8.19. The molecule has 35 heavy (non-hydrogen) atoms. The minimum atomic E-state index is 0.661. The molecular formula is C27H32N8. The van der Waals surface area contributed by atoms with Crippen molar-refractivity contribution >= 4 is 28.0 Å². The fraction of sp³-hybridized carbons (Fsp3) is 0.296. The van der Waals surface area contributed by atoms with E-state index in [1.54, 1.807) is 0 Å². The lowest BCUT2D eigenvalue weighted by Gasteiger charge is -2.33. The van der Waals surface area contributed by atoms with E-state index >= 15 is 0 Å². The SMILES string of the molecule is C=C(c1nc2c(N3CCN(C)CC3)cncc2[nH]1)c1cc(-c2cncc(CN(C)C)c2)ccc1N. The van der Waals surface area contributed by atoms with Crippen molar-refractivity contribution in [3.05, 3.63) is 72.6 Å². The second-order valence-corrected chi connectivity index (χ2v) is 9.53. The molecule has 1 fully saturated rings. The summed E-state index contributed by atoms with van der Waals surface area (Å²) in [5, 5.41) is 0. The maximum absolute atomic E-state index is 6.41. The molecule has 0 aliphatic carbocycles. The van der Waals surface area contributed by atoms with Crippen molar-refractivity contribution in [3.63, 3.8) is 0 Å². The normalized spacial score (nSPS) is 14.7. The number of anilines is 2. The topological polar surface area (TPSA) is 90.2 Å². The quantitative estimate of drug-likeness (QED) is 0.419. The zero-order valence-electron chi connectivity index (χ0n) is 20.6. The molecule has 0 amide bonds. The van der Waals surface area contributed by atoms with Gasteiger partial charge in [-0.25, -0.2) is 4.98 Å². The van der Waals surface area contributed by atoms with Crippen LogP contribution in [0.3, 0.4) is 0 Å². The summed E-state index contributed by atoms with van der Waals surface area (Å²) < 4.78 is 0. The highest BCUT2D eigenvalue weighted by Gasteiger charge is 2.20. The number of nitrogens with two attached hydrogens (primary N) is 1. The van der Waals surface area contributed by atoms with Gasteiger partial charge in [0.1, 0.15) is 11.3 Å². The van der Waals surface area contributed by atoms with Crippen molar-refractivity contribution in [1.29, 1.82) is 0 Å². The van der Waals surface area contributed by atoms with Crippen LogP contribution in [0.15, 0.2) is 55.6 Å². The van der Waals surface area contributed by atoms with Gasteiger partial charge in [-0.05, 0) is 50.5 Å². The molecule has 0 bridgehead atoms. The number of fused-ring (bicyclic) bond motifs is 1. The average Bonchev–Trinajstić information content (AvgIpc) is 3.29. The molecule has 3 N–H and O–H groups in total. The number of piperazine rings is 1. The Kier molecular flexibility index (Phi) is 6.23. The van der Waals surface area contributed by atoms with Gasteiger partial charge in [-0.3, -0.25) is 9.97 Å². The lowest BCUT2D eigenvalue weighted by Crippen LogP contribution is -2.44. The molecule has 4 heterocycles. The molecule has 1 saturated heterocycles. The highest BCUT2D eigenvalue weighted by Crippen LogP contribution is 2.33. The number of imidazole rings is 1. The lowest BCUT2D eigenvalue weighted by molar-refractivity contribution is 0.313. The van der Waals surface area contributed by atoms with Crippen molar-refractivity contribution in [1.82, 2.24) is 29.7 Å². The number of H-pyrrole nitrogens is 1. The van der Waals surface area contributed by atoms with Crippen LogP contribution in [0, 0.1) is 0 Å². The fourth-order valence-electron chi connectivity index (χ4n) is 4.56. The zero-order valence-corrected chi connectivity index (χ0v) is 20.6. The van der Waals surface area contributed by atoms with Crippen LogP contribution in [-0.2, 0) is 6.54 Å². The Morgan fingerprint density at radius 3 is 2.57 bits per heavy atom. The molecule has 4 aromatic rings. The summed E-state index contributed by atoms with van der Waals surface area (Å²) in [7, 11) is 6.26. The number of rotatable bonds is 6. The van der Waals surface area contributed by atoms with Gasteiger partial charge in [-0.1, -0.05) is 12.6 Å². The molecule has 8 heteroatoms. The Bertz CT molecular complexity index is 1360. The van der Waals surface area contributed by atoms with Crippen molar-refractivity contribution in [3.8, 4) is 11.1 Å². The second kappa shape index (κ2) is 9.48. The van der Waals surface area contributed by atoms with E-state index in [9.17, 15) is 0 Å². The van der Waals surface area contributed by atoms with Crippen LogP contribution in [0.2, 0.25) is 0 Å². The van der Waals surface area contributed by atoms with Crippen LogP contribution in [0.4, 0.5) is 11.4 Å². The van der Waals surface area contributed by atoms with Crippen LogP contribution in [-0.4, -0.2) is 77.1 Å². The third-order valence-corrected chi connectivity index (χ3v) is 6.51. The number of likely N-dealkylation sites (N-methyl/N-ethyl adjacent to an activating group) is 1. The molecule has 0 saturated carbocycles. The number of nitrogen functional groups attached to an aromatic ring is 1. The molecule has 0 atom stereocenters. The number of pyridine rings is 2. The molecule has 180 valence electrons. The molecule has 1 aliphatic rings. The molecule has 3 aromatic heterocycles. The van der Waals surface area contributed by atoms with Crippen LogP contribution in [0.5, 0.6) is 0 Å². The number of nitrogens with one attached hydrogen (secondary N) is 1. The van der Waals surface area contributed by atoms with Gasteiger partial charge >= 0.3 is 0 Å². The Morgan fingerprint density at radius 1 is 1.03 bits per heavy atom. The van der Waals surface area contributed by atoms with E-state index in [1.165, 1.54) is 0 Å². The molecule has 0 unspecified atom stereocenters. The number of hydrogen-bond acceptors (Lipinski definition) is 7. The Morgan fingerprint density at radius 2 is 1.80 bits per heavy atom. The second-order valence-electron chi connectivity index (χ2n) is 9.53. The third kappa shape index (κ3) is 4.76. The van der Waals surface area contributed by atoms with Crippen molar-refractivity contribution < 1.29 is 0 Å². The third-order valence-electron chi connectivity index (χ3n) is 6.51. The van der Waals surface area contributed by atoms with Crippen molar-refractivity contribution in [2.75, 3.05) is 58.0 Å². The first-order valence-corrected chi connectivity index (χ1v) is 11.8. The summed E-state index contributed by atoms with van der Waals surface area (Å²) in [6.07, 6.45) is 7.51. The number of hydrogen-bond donors (Lipinski definition) is 2. The minimum Gasteiger partial charge on any atom is -0.398 e. The first kappa shape index (κ1) is 23.0. The van der Waals surface area contributed by atoms with Crippen LogP contribution in [0.1, 0.15) is 17.0 Å². The minimum absolute atomic E-state index is 0.661. The van der Waals surface area contributed by atoms with Crippen LogP contribution >= 0.6 is 0 Å². The Labute approximate surface area is 206 Å². The number of nitrogens with zero attached hydrogens (tertiary/aromatic N) is 6. The summed E-state index contributed by atoms with van der Waals surface area (Å²) in [6.45, 7) is 9.14. The van der Waals surface area contributed by atoms with E-state index in [1.807, 2.05) is 36.9 Å². The maximum atomic E-state index is 6.41.